The highest BCUT2D eigenvalue weighted by Crippen LogP contribution is 2.32. The van der Waals surface area contributed by atoms with Crippen LogP contribution in [0.4, 0.5) is 28.0 Å². The zero-order valence-corrected chi connectivity index (χ0v) is 14.6. The van der Waals surface area contributed by atoms with Gasteiger partial charge in [-0.05, 0) is 51.8 Å². The normalized spacial score (nSPS) is 18.0. The number of rotatable bonds is 2. The van der Waals surface area contributed by atoms with E-state index in [-0.39, 0.29) is 6.54 Å². The fraction of sp³-hybridized carbons (Fsp3) is 0.529. The maximum absolute atomic E-state index is 13.8. The molecule has 0 spiro atoms. The van der Waals surface area contributed by atoms with E-state index in [0.717, 1.165) is 0 Å². The number of nitrogens with zero attached hydrogens (tertiary/aromatic N) is 1. The molecule has 1 saturated heterocycles. The van der Waals surface area contributed by atoms with Crippen molar-refractivity contribution >= 4 is 17.7 Å². The molecule has 1 N–H and O–H groups in total. The van der Waals surface area contributed by atoms with Gasteiger partial charge in [-0.1, -0.05) is 0 Å². The van der Waals surface area contributed by atoms with Gasteiger partial charge < -0.3 is 10.1 Å². The van der Waals surface area contributed by atoms with Gasteiger partial charge >= 0.3 is 12.3 Å². The average molecular weight is 376 g/mol. The standard InChI is InChI=1S/C17H20F4N2O3/c1-16(2,3)26-15(25)23-8-4-5-13(23)14(24)22-12-9-10(17(19,20)21)6-7-11(12)18/h6-7,9,13H,4-5,8H2,1-3H3,(H,22,24)/t13-/m0/s1. The van der Waals surface area contributed by atoms with E-state index in [1.807, 2.05) is 0 Å². The summed E-state index contributed by atoms with van der Waals surface area (Å²) in [5.41, 5.74) is -2.42. The van der Waals surface area contributed by atoms with Crippen molar-refractivity contribution in [1.29, 1.82) is 0 Å². The first kappa shape index (κ1) is 20.0. The second-order valence-corrected chi connectivity index (χ2v) is 7.01. The minimum atomic E-state index is -4.66. The smallest absolute Gasteiger partial charge is 0.416 e. The van der Waals surface area contributed by atoms with E-state index in [9.17, 15) is 27.2 Å². The highest BCUT2D eigenvalue weighted by atomic mass is 19.4. The summed E-state index contributed by atoms with van der Waals surface area (Å²) in [6.07, 6.45) is -4.52. The summed E-state index contributed by atoms with van der Waals surface area (Å²) in [7, 11) is 0. The summed E-state index contributed by atoms with van der Waals surface area (Å²) in [6.45, 7) is 5.30. The maximum atomic E-state index is 13.8. The number of ether oxygens (including phenoxy) is 1. The van der Waals surface area contributed by atoms with E-state index < -0.39 is 46.9 Å². The predicted octanol–water partition coefficient (Wildman–Crippen LogP) is 4.18. The van der Waals surface area contributed by atoms with Crippen LogP contribution in [0.2, 0.25) is 0 Å². The Kier molecular flexibility index (Phi) is 5.48. The highest BCUT2D eigenvalue weighted by molar-refractivity contribution is 5.97. The van der Waals surface area contributed by atoms with Crippen LogP contribution in [0.5, 0.6) is 0 Å². The van der Waals surface area contributed by atoms with Gasteiger partial charge in [0.05, 0.1) is 11.3 Å². The Bertz CT molecular complexity index is 698. The van der Waals surface area contributed by atoms with Crippen LogP contribution in [-0.4, -0.2) is 35.1 Å². The third-order valence-corrected chi connectivity index (χ3v) is 3.74. The molecule has 1 atom stereocenters. The van der Waals surface area contributed by atoms with Gasteiger partial charge in [0.15, 0.2) is 0 Å². The SMILES string of the molecule is CC(C)(C)OC(=O)N1CCC[C@H]1C(=O)Nc1cc(C(F)(F)F)ccc1F. The lowest BCUT2D eigenvalue weighted by Crippen LogP contribution is -2.45. The summed E-state index contributed by atoms with van der Waals surface area (Å²) in [5, 5.41) is 2.15. The Hall–Kier alpha value is -2.32. The number of halogens is 4. The number of carbonyl (C=O) groups is 2. The van der Waals surface area contributed by atoms with Crippen LogP contribution in [0.15, 0.2) is 18.2 Å². The van der Waals surface area contributed by atoms with Crippen LogP contribution >= 0.6 is 0 Å². The molecule has 0 bridgehead atoms. The first-order chi connectivity index (χ1) is 11.9. The number of nitrogens with one attached hydrogen (secondary N) is 1. The zero-order chi connectivity index (χ0) is 19.7. The summed E-state index contributed by atoms with van der Waals surface area (Å²) in [6, 6.07) is 0.825. The van der Waals surface area contributed by atoms with Crippen molar-refractivity contribution in [3.8, 4) is 0 Å². The molecule has 26 heavy (non-hydrogen) atoms. The van der Waals surface area contributed by atoms with Crippen molar-refractivity contribution in [3.05, 3.63) is 29.6 Å². The molecule has 1 aliphatic rings. The number of hydrogen-bond donors (Lipinski definition) is 1. The molecule has 9 heteroatoms. The van der Waals surface area contributed by atoms with Gasteiger partial charge in [-0.2, -0.15) is 13.2 Å². The molecule has 2 rings (SSSR count). The van der Waals surface area contributed by atoms with Crippen LogP contribution in [0, 0.1) is 5.82 Å². The second kappa shape index (κ2) is 7.13. The molecular formula is C17H20F4N2O3. The Labute approximate surface area is 148 Å². The number of likely N-dealkylation sites (tertiary alicyclic amines) is 1. The molecule has 2 amide bonds. The summed E-state index contributed by atoms with van der Waals surface area (Å²) < 4.78 is 57.3. The Balaban J connectivity index is 2.15. The average Bonchev–Trinajstić information content (AvgIpc) is 2.96. The van der Waals surface area contributed by atoms with Crippen LogP contribution < -0.4 is 5.32 Å². The van der Waals surface area contributed by atoms with Crippen molar-refractivity contribution in [2.45, 2.75) is 51.4 Å². The molecule has 1 fully saturated rings. The van der Waals surface area contributed by atoms with E-state index in [0.29, 0.717) is 31.0 Å². The minimum absolute atomic E-state index is 0.276. The monoisotopic (exact) mass is 376 g/mol. The lowest BCUT2D eigenvalue weighted by atomic mass is 10.1. The molecule has 0 aliphatic carbocycles. The highest BCUT2D eigenvalue weighted by Gasteiger charge is 2.37. The van der Waals surface area contributed by atoms with Crippen molar-refractivity contribution in [2.24, 2.45) is 0 Å². The lowest BCUT2D eigenvalue weighted by Gasteiger charge is -2.28. The first-order valence-electron chi connectivity index (χ1n) is 8.06. The number of alkyl halides is 3. The molecule has 0 radical (unpaired) electrons. The van der Waals surface area contributed by atoms with Crippen LogP contribution in [0.25, 0.3) is 0 Å². The van der Waals surface area contributed by atoms with Crippen LogP contribution in [0.3, 0.4) is 0 Å². The molecule has 1 heterocycles. The number of hydrogen-bond acceptors (Lipinski definition) is 3. The fourth-order valence-electron chi connectivity index (χ4n) is 2.59. The van der Waals surface area contributed by atoms with Crippen molar-refractivity contribution in [3.63, 3.8) is 0 Å². The molecule has 144 valence electrons. The first-order valence-corrected chi connectivity index (χ1v) is 8.06. The summed E-state index contributed by atoms with van der Waals surface area (Å²) in [4.78, 5) is 25.8. The molecule has 0 aromatic heterocycles. The van der Waals surface area contributed by atoms with Gasteiger partial charge in [0, 0.05) is 6.54 Å². The number of amides is 2. The molecule has 1 aromatic rings. The third-order valence-electron chi connectivity index (χ3n) is 3.74. The molecule has 1 aliphatic heterocycles. The van der Waals surface area contributed by atoms with E-state index in [1.165, 1.54) is 4.90 Å². The lowest BCUT2D eigenvalue weighted by molar-refractivity contribution is -0.137. The molecular weight excluding hydrogens is 356 g/mol. The molecule has 5 nitrogen and oxygen atoms in total. The van der Waals surface area contributed by atoms with E-state index in [2.05, 4.69) is 5.32 Å². The largest absolute Gasteiger partial charge is 0.444 e. The van der Waals surface area contributed by atoms with Gasteiger partial charge in [-0.3, -0.25) is 9.69 Å². The van der Waals surface area contributed by atoms with Gasteiger partial charge in [-0.25, -0.2) is 9.18 Å². The van der Waals surface area contributed by atoms with Gasteiger partial charge in [0.25, 0.3) is 0 Å². The fourth-order valence-corrected chi connectivity index (χ4v) is 2.59. The topological polar surface area (TPSA) is 58.6 Å². The van der Waals surface area contributed by atoms with Crippen molar-refractivity contribution < 1.29 is 31.9 Å². The van der Waals surface area contributed by atoms with Crippen molar-refractivity contribution in [2.75, 3.05) is 11.9 Å². The third kappa shape index (κ3) is 4.86. The van der Waals surface area contributed by atoms with Crippen molar-refractivity contribution in [1.82, 2.24) is 4.90 Å². The number of carbonyl (C=O) groups excluding carboxylic acids is 2. The zero-order valence-electron chi connectivity index (χ0n) is 14.6. The predicted molar refractivity (Wildman–Crippen MR) is 86.0 cm³/mol. The van der Waals surface area contributed by atoms with Crippen LogP contribution in [0.1, 0.15) is 39.2 Å². The summed E-state index contributed by atoms with van der Waals surface area (Å²) in [5.74, 6) is -1.75. The van der Waals surface area contributed by atoms with Gasteiger partial charge in [-0.15, -0.1) is 0 Å². The summed E-state index contributed by atoms with van der Waals surface area (Å²) >= 11 is 0. The van der Waals surface area contributed by atoms with Gasteiger partial charge in [0.1, 0.15) is 17.5 Å². The number of anilines is 1. The van der Waals surface area contributed by atoms with E-state index >= 15 is 0 Å². The van der Waals surface area contributed by atoms with Gasteiger partial charge in [0.2, 0.25) is 5.91 Å². The number of benzene rings is 1. The Morgan fingerprint density at radius 2 is 1.88 bits per heavy atom. The molecule has 0 unspecified atom stereocenters. The quantitative estimate of drug-likeness (QED) is 0.788. The maximum Gasteiger partial charge on any atom is 0.416 e. The Morgan fingerprint density at radius 1 is 1.23 bits per heavy atom. The minimum Gasteiger partial charge on any atom is -0.444 e. The second-order valence-electron chi connectivity index (χ2n) is 7.01. The van der Waals surface area contributed by atoms with Crippen LogP contribution in [-0.2, 0) is 15.7 Å². The van der Waals surface area contributed by atoms with E-state index in [4.69, 9.17) is 4.74 Å². The molecule has 1 aromatic carbocycles. The van der Waals surface area contributed by atoms with E-state index in [1.54, 1.807) is 20.8 Å². The Morgan fingerprint density at radius 3 is 2.46 bits per heavy atom. The molecule has 0 saturated carbocycles.